The van der Waals surface area contributed by atoms with Crippen LogP contribution < -0.4 is 5.56 Å². The molecular weight excluding hydrogens is 444 g/mol. The van der Waals surface area contributed by atoms with Crippen molar-refractivity contribution in [3.63, 3.8) is 0 Å². The number of piperidine rings is 1. The number of carbonyl (C=O) groups excluding carboxylic acids is 1. The highest BCUT2D eigenvalue weighted by molar-refractivity contribution is 7.13. The van der Waals surface area contributed by atoms with Crippen LogP contribution in [0.4, 0.5) is 4.79 Å². The van der Waals surface area contributed by atoms with E-state index in [0.717, 1.165) is 10.6 Å². The van der Waals surface area contributed by atoms with Crippen molar-refractivity contribution in [2.75, 3.05) is 13.1 Å². The van der Waals surface area contributed by atoms with Gasteiger partial charge in [0.15, 0.2) is 0 Å². The van der Waals surface area contributed by atoms with Crippen LogP contribution >= 0.6 is 11.3 Å². The van der Waals surface area contributed by atoms with Crippen LogP contribution in [0.3, 0.4) is 0 Å². The number of carbonyl (C=O) groups is 1. The van der Waals surface area contributed by atoms with E-state index >= 15 is 0 Å². The van der Waals surface area contributed by atoms with Crippen LogP contribution in [0.5, 0.6) is 0 Å². The molecule has 4 aromatic heterocycles. The lowest BCUT2D eigenvalue weighted by atomic mass is 9.93. The standard InChI is InChI=1S/C22H24N6O4S/c1-22(2,3)32-21(30)27-8-6-13(7-9-27)15-11-17(29)24-18-14(12-23-28(15)18)19-25-26-20(31-19)16-5-4-10-33-16/h4-5,10-13H,6-9H2,1-3H3,(H,24,29). The Hall–Kier alpha value is -3.47. The maximum atomic E-state index is 12.5. The number of ether oxygens (including phenoxy) is 1. The van der Waals surface area contributed by atoms with Gasteiger partial charge in [0.1, 0.15) is 16.8 Å². The average molecular weight is 469 g/mol. The van der Waals surface area contributed by atoms with Crippen molar-refractivity contribution in [1.82, 2.24) is 29.7 Å². The summed E-state index contributed by atoms with van der Waals surface area (Å²) in [5, 5.41) is 14.7. The molecule has 1 amide bonds. The van der Waals surface area contributed by atoms with Crippen molar-refractivity contribution in [1.29, 1.82) is 0 Å². The molecule has 10 nitrogen and oxygen atoms in total. The van der Waals surface area contributed by atoms with Crippen LogP contribution in [0.25, 0.3) is 27.9 Å². The van der Waals surface area contributed by atoms with E-state index in [1.54, 1.807) is 21.7 Å². The quantitative estimate of drug-likeness (QED) is 0.484. The van der Waals surface area contributed by atoms with Crippen LogP contribution in [0, 0.1) is 0 Å². The summed E-state index contributed by atoms with van der Waals surface area (Å²) in [7, 11) is 0. The molecule has 4 aromatic rings. The van der Waals surface area contributed by atoms with Gasteiger partial charge < -0.3 is 19.0 Å². The Bertz CT molecular complexity index is 1340. The minimum Gasteiger partial charge on any atom is -0.444 e. The molecule has 1 aliphatic heterocycles. The lowest BCUT2D eigenvalue weighted by Crippen LogP contribution is -2.41. The zero-order chi connectivity index (χ0) is 23.2. The third-order valence-electron chi connectivity index (χ3n) is 5.49. The Balaban J connectivity index is 1.40. The third kappa shape index (κ3) is 4.28. The fourth-order valence-corrected chi connectivity index (χ4v) is 4.62. The van der Waals surface area contributed by atoms with E-state index in [-0.39, 0.29) is 17.6 Å². The summed E-state index contributed by atoms with van der Waals surface area (Å²) in [5.41, 5.74) is 1.11. The molecule has 33 heavy (non-hydrogen) atoms. The fraction of sp³-hybridized carbons (Fsp3) is 0.409. The molecule has 1 aliphatic rings. The zero-order valence-electron chi connectivity index (χ0n) is 18.6. The van der Waals surface area contributed by atoms with Gasteiger partial charge in [0, 0.05) is 25.1 Å². The molecule has 1 N–H and O–H groups in total. The monoisotopic (exact) mass is 468 g/mol. The lowest BCUT2D eigenvalue weighted by Gasteiger charge is -2.33. The first-order chi connectivity index (χ1) is 15.8. The first-order valence-electron chi connectivity index (χ1n) is 10.7. The number of rotatable bonds is 3. The Labute approximate surface area is 193 Å². The first kappa shape index (κ1) is 21.4. The molecule has 0 atom stereocenters. The summed E-state index contributed by atoms with van der Waals surface area (Å²) in [5.74, 6) is 0.791. The van der Waals surface area contributed by atoms with Crippen molar-refractivity contribution >= 4 is 23.1 Å². The predicted octanol–water partition coefficient (Wildman–Crippen LogP) is 3.92. The number of aromatic nitrogens is 5. The highest BCUT2D eigenvalue weighted by Gasteiger charge is 2.29. The summed E-state index contributed by atoms with van der Waals surface area (Å²) in [4.78, 5) is 30.3. The Kier molecular flexibility index (Phi) is 5.28. The molecule has 0 spiro atoms. The van der Waals surface area contributed by atoms with E-state index in [2.05, 4.69) is 20.3 Å². The predicted molar refractivity (Wildman–Crippen MR) is 122 cm³/mol. The topological polar surface area (TPSA) is 119 Å². The minimum atomic E-state index is -0.531. The number of amides is 1. The smallest absolute Gasteiger partial charge is 0.410 e. The molecular formula is C22H24N6O4S. The van der Waals surface area contributed by atoms with Crippen molar-refractivity contribution in [2.24, 2.45) is 0 Å². The molecule has 0 bridgehead atoms. The van der Waals surface area contributed by atoms with Gasteiger partial charge in [0.25, 0.3) is 17.3 Å². The Morgan fingerprint density at radius 2 is 2.00 bits per heavy atom. The van der Waals surface area contributed by atoms with Crippen LogP contribution in [0.15, 0.2) is 39.0 Å². The largest absolute Gasteiger partial charge is 0.444 e. The molecule has 0 aromatic carbocycles. The third-order valence-corrected chi connectivity index (χ3v) is 6.34. The van der Waals surface area contributed by atoms with Crippen molar-refractivity contribution < 1.29 is 13.9 Å². The molecule has 0 radical (unpaired) electrons. The summed E-state index contributed by atoms with van der Waals surface area (Å²) >= 11 is 1.51. The molecule has 5 heterocycles. The highest BCUT2D eigenvalue weighted by Crippen LogP contribution is 2.31. The van der Waals surface area contributed by atoms with E-state index in [1.165, 1.54) is 11.3 Å². The average Bonchev–Trinajstić information content (AvgIpc) is 3.51. The van der Waals surface area contributed by atoms with Gasteiger partial charge >= 0.3 is 6.09 Å². The van der Waals surface area contributed by atoms with Crippen LogP contribution in [0.1, 0.15) is 45.2 Å². The van der Waals surface area contributed by atoms with Crippen LogP contribution in [-0.2, 0) is 4.74 Å². The molecule has 172 valence electrons. The number of nitrogens with zero attached hydrogens (tertiary/aromatic N) is 5. The number of hydrogen-bond acceptors (Lipinski definition) is 8. The van der Waals surface area contributed by atoms with E-state index in [4.69, 9.17) is 9.15 Å². The number of H-pyrrole nitrogens is 1. The summed E-state index contributed by atoms with van der Waals surface area (Å²) in [6, 6.07) is 5.39. The normalized spacial score (nSPS) is 15.3. The molecule has 1 saturated heterocycles. The molecule has 11 heteroatoms. The maximum absolute atomic E-state index is 12.5. The van der Waals surface area contributed by atoms with Gasteiger partial charge in [-0.25, -0.2) is 9.31 Å². The SMILES string of the molecule is CC(C)(C)OC(=O)N1CCC(c2cc(=O)[nH]c3c(-c4nnc(-c5cccs5)o4)cnn23)CC1. The second-order valence-electron chi connectivity index (χ2n) is 9.01. The van der Waals surface area contributed by atoms with Gasteiger partial charge in [-0.05, 0) is 45.1 Å². The zero-order valence-corrected chi connectivity index (χ0v) is 19.4. The Morgan fingerprint density at radius 1 is 1.24 bits per heavy atom. The Morgan fingerprint density at radius 3 is 2.70 bits per heavy atom. The van der Waals surface area contributed by atoms with E-state index in [9.17, 15) is 9.59 Å². The van der Waals surface area contributed by atoms with E-state index in [1.807, 2.05) is 38.3 Å². The van der Waals surface area contributed by atoms with Gasteiger partial charge in [0.05, 0.1) is 16.8 Å². The van der Waals surface area contributed by atoms with Gasteiger partial charge in [-0.2, -0.15) is 5.10 Å². The number of nitrogens with one attached hydrogen (secondary N) is 1. The van der Waals surface area contributed by atoms with Crippen LogP contribution in [-0.4, -0.2) is 54.5 Å². The highest BCUT2D eigenvalue weighted by atomic mass is 32.1. The number of likely N-dealkylation sites (tertiary alicyclic amines) is 1. The number of thiophene rings is 1. The van der Waals surface area contributed by atoms with Crippen LogP contribution in [0.2, 0.25) is 0 Å². The molecule has 1 fully saturated rings. The maximum Gasteiger partial charge on any atom is 0.410 e. The second-order valence-corrected chi connectivity index (χ2v) is 9.96. The minimum absolute atomic E-state index is 0.0746. The molecule has 5 rings (SSSR count). The van der Waals surface area contributed by atoms with Gasteiger partial charge in [-0.1, -0.05) is 6.07 Å². The number of hydrogen-bond donors (Lipinski definition) is 1. The number of aromatic amines is 1. The summed E-state index contributed by atoms with van der Waals surface area (Å²) in [6.45, 7) is 6.66. The van der Waals surface area contributed by atoms with Crippen molar-refractivity contribution in [3.05, 3.63) is 45.8 Å². The van der Waals surface area contributed by atoms with E-state index < -0.39 is 5.60 Å². The lowest BCUT2D eigenvalue weighted by molar-refractivity contribution is 0.0203. The second kappa shape index (κ2) is 8.14. The number of fused-ring (bicyclic) bond motifs is 1. The van der Waals surface area contributed by atoms with Gasteiger partial charge in [-0.3, -0.25) is 4.79 Å². The summed E-state index contributed by atoms with van der Waals surface area (Å²) in [6.07, 6.45) is 2.72. The van der Waals surface area contributed by atoms with E-state index in [0.29, 0.717) is 48.9 Å². The molecule has 0 saturated carbocycles. The first-order valence-corrected chi connectivity index (χ1v) is 11.6. The van der Waals surface area contributed by atoms with Crippen molar-refractivity contribution in [3.8, 4) is 22.2 Å². The van der Waals surface area contributed by atoms with Crippen molar-refractivity contribution in [2.45, 2.75) is 45.1 Å². The molecule has 0 unspecified atom stereocenters. The van der Waals surface area contributed by atoms with Gasteiger partial charge in [0.2, 0.25) is 0 Å². The fourth-order valence-electron chi connectivity index (χ4n) is 3.98. The van der Waals surface area contributed by atoms with Gasteiger partial charge in [-0.15, -0.1) is 21.5 Å². The molecule has 0 aliphatic carbocycles. The summed E-state index contributed by atoms with van der Waals surface area (Å²) < 4.78 is 13.0.